The number of nitrogens with zero attached hydrogens (tertiary/aromatic N) is 1. The number of oxime groups is 1. The van der Waals surface area contributed by atoms with Gasteiger partial charge < -0.3 is 15.3 Å². The molecule has 1 unspecified atom stereocenters. The molecule has 1 atom stereocenters. The van der Waals surface area contributed by atoms with Crippen molar-refractivity contribution in [3.63, 3.8) is 0 Å². The van der Waals surface area contributed by atoms with Crippen LogP contribution in [0.3, 0.4) is 0 Å². The Labute approximate surface area is 210 Å². The Morgan fingerprint density at radius 3 is 2.54 bits per heavy atom. The molecule has 3 aromatic rings. The summed E-state index contributed by atoms with van der Waals surface area (Å²) < 4.78 is 13.9. The maximum atomic E-state index is 13.9. The highest BCUT2D eigenvalue weighted by Crippen LogP contribution is 2.36. The third-order valence-electron chi connectivity index (χ3n) is 5.62. The van der Waals surface area contributed by atoms with E-state index in [1.165, 1.54) is 17.2 Å². The van der Waals surface area contributed by atoms with Gasteiger partial charge in [-0.25, -0.2) is 4.39 Å². The average Bonchev–Trinajstić information content (AvgIpc) is 2.83. The number of benzene rings is 3. The molecule has 0 saturated heterocycles. The molecule has 3 rings (SSSR count). The van der Waals surface area contributed by atoms with Crippen molar-refractivity contribution in [2.45, 2.75) is 43.9 Å². The molecule has 0 bridgehead atoms. The first-order valence-electron chi connectivity index (χ1n) is 11.5. The highest BCUT2D eigenvalue weighted by atomic mass is 32.2. The minimum absolute atomic E-state index is 0.0968. The molecule has 0 aromatic heterocycles. The van der Waals surface area contributed by atoms with Gasteiger partial charge in [-0.2, -0.15) is 0 Å². The van der Waals surface area contributed by atoms with E-state index in [0.717, 1.165) is 27.3 Å². The number of carbonyl (C=O) groups is 1. The Kier molecular flexibility index (Phi) is 9.87. The largest absolute Gasteiger partial charge is 0.481 e. The fourth-order valence-electron chi connectivity index (χ4n) is 3.40. The number of hydrogen-bond acceptors (Lipinski definition) is 5. The molecule has 0 radical (unpaired) electrons. The van der Waals surface area contributed by atoms with E-state index in [2.05, 4.69) is 42.5 Å². The van der Waals surface area contributed by atoms with E-state index in [0.29, 0.717) is 19.7 Å². The second-order valence-corrected chi connectivity index (χ2v) is 9.67. The molecule has 0 amide bonds. The number of aliphatic carboxylic acids is 1. The van der Waals surface area contributed by atoms with Gasteiger partial charge in [-0.15, -0.1) is 11.8 Å². The quantitative estimate of drug-likeness (QED) is 0.134. The van der Waals surface area contributed by atoms with Crippen LogP contribution in [-0.4, -0.2) is 29.9 Å². The fraction of sp³-hybridized carbons (Fsp3) is 0.286. The number of hydrogen-bond donors (Lipinski definition) is 2. The summed E-state index contributed by atoms with van der Waals surface area (Å²) in [6.45, 7) is 7.37. The lowest BCUT2D eigenvalue weighted by atomic mass is 10.1. The molecule has 7 heteroatoms. The van der Waals surface area contributed by atoms with Gasteiger partial charge in [0.15, 0.2) is 0 Å². The fourth-order valence-corrected chi connectivity index (χ4v) is 4.53. The van der Waals surface area contributed by atoms with Crippen molar-refractivity contribution in [2.75, 3.05) is 13.2 Å². The van der Waals surface area contributed by atoms with Gasteiger partial charge in [0, 0.05) is 18.0 Å². The Morgan fingerprint density at radius 1 is 1.09 bits per heavy atom. The average molecular weight is 495 g/mol. The second-order valence-electron chi connectivity index (χ2n) is 8.40. The van der Waals surface area contributed by atoms with E-state index in [1.807, 2.05) is 37.3 Å². The number of nitrogens with one attached hydrogen (secondary N) is 1. The van der Waals surface area contributed by atoms with Crippen LogP contribution in [0, 0.1) is 19.7 Å². The number of aryl methyl sites for hydroxylation is 2. The first-order valence-corrected chi connectivity index (χ1v) is 12.4. The zero-order valence-corrected chi connectivity index (χ0v) is 21.1. The van der Waals surface area contributed by atoms with Crippen LogP contribution in [0.25, 0.3) is 0 Å². The molecular formula is C28H31FN2O3S. The predicted molar refractivity (Wildman–Crippen MR) is 139 cm³/mol. The predicted octanol–water partition coefficient (Wildman–Crippen LogP) is 6.28. The zero-order valence-electron chi connectivity index (χ0n) is 20.3. The van der Waals surface area contributed by atoms with E-state index < -0.39 is 5.97 Å². The van der Waals surface area contributed by atoms with E-state index in [9.17, 15) is 9.18 Å². The molecule has 0 spiro atoms. The number of carboxylic acids is 1. The Bertz CT molecular complexity index is 1170. The van der Waals surface area contributed by atoms with Crippen LogP contribution in [0.15, 0.2) is 76.8 Å². The monoisotopic (exact) mass is 494 g/mol. The summed E-state index contributed by atoms with van der Waals surface area (Å²) in [6, 6.07) is 20.8. The number of rotatable bonds is 12. The first-order chi connectivity index (χ1) is 16.8. The summed E-state index contributed by atoms with van der Waals surface area (Å²) in [4.78, 5) is 17.4. The molecule has 35 heavy (non-hydrogen) atoms. The lowest BCUT2D eigenvalue weighted by Gasteiger charge is -2.17. The molecule has 0 fully saturated rings. The van der Waals surface area contributed by atoms with Crippen molar-refractivity contribution in [2.24, 2.45) is 5.16 Å². The topological polar surface area (TPSA) is 70.9 Å². The third kappa shape index (κ3) is 8.53. The van der Waals surface area contributed by atoms with Crippen molar-refractivity contribution in [3.05, 3.63) is 100 Å². The van der Waals surface area contributed by atoms with Gasteiger partial charge in [0.05, 0.1) is 17.4 Å². The van der Waals surface area contributed by atoms with Crippen LogP contribution in [0.5, 0.6) is 0 Å². The highest BCUT2D eigenvalue weighted by molar-refractivity contribution is 7.99. The minimum atomic E-state index is -0.813. The van der Waals surface area contributed by atoms with Gasteiger partial charge in [0.2, 0.25) is 0 Å². The summed E-state index contributed by atoms with van der Waals surface area (Å²) in [5, 5.41) is 16.0. The molecule has 0 heterocycles. The smallest absolute Gasteiger partial charge is 0.304 e. The van der Waals surface area contributed by atoms with Gasteiger partial charge >= 0.3 is 5.97 Å². The molecule has 184 valence electrons. The standard InChI is InChI=1S/C28H31FN2O3S/c1-19-7-12-26(15-20(19)2)35-27(24-5-4-6-25(29)16-24)18-34-31-21(3)23-10-8-22(9-11-23)17-30-14-13-28(32)33/h4-12,15-16,27,30H,13-14,17-18H2,1-3H3,(H,32,33). The third-order valence-corrected chi connectivity index (χ3v) is 6.84. The van der Waals surface area contributed by atoms with Crippen molar-refractivity contribution in [1.82, 2.24) is 5.32 Å². The SMILES string of the molecule is CC(=NOCC(Sc1ccc(C)c(C)c1)c1cccc(F)c1)c1ccc(CNCCC(=O)O)cc1. The van der Waals surface area contributed by atoms with E-state index in [-0.39, 0.29) is 17.5 Å². The van der Waals surface area contributed by atoms with Crippen molar-refractivity contribution in [1.29, 1.82) is 0 Å². The summed E-state index contributed by atoms with van der Waals surface area (Å²) in [6.07, 6.45) is 0.0968. The number of thioether (sulfide) groups is 1. The Balaban J connectivity index is 1.63. The normalized spacial score (nSPS) is 12.4. The maximum Gasteiger partial charge on any atom is 0.304 e. The molecule has 0 saturated carbocycles. The summed E-state index contributed by atoms with van der Waals surface area (Å²) >= 11 is 1.63. The van der Waals surface area contributed by atoms with Crippen LogP contribution in [-0.2, 0) is 16.2 Å². The van der Waals surface area contributed by atoms with Crippen LogP contribution >= 0.6 is 11.8 Å². The van der Waals surface area contributed by atoms with Gasteiger partial charge in [-0.05, 0) is 72.9 Å². The molecule has 0 aliphatic rings. The Hall–Kier alpha value is -3.16. The first kappa shape index (κ1) is 26.4. The molecule has 3 aromatic carbocycles. The van der Waals surface area contributed by atoms with Crippen molar-refractivity contribution < 1.29 is 19.1 Å². The molecule has 2 N–H and O–H groups in total. The van der Waals surface area contributed by atoms with Crippen molar-refractivity contribution in [3.8, 4) is 0 Å². The van der Waals surface area contributed by atoms with Gasteiger partial charge in [-0.1, -0.05) is 47.6 Å². The van der Waals surface area contributed by atoms with Crippen molar-refractivity contribution >= 4 is 23.4 Å². The van der Waals surface area contributed by atoms with Crippen LogP contribution in [0.2, 0.25) is 0 Å². The molecule has 5 nitrogen and oxygen atoms in total. The molecule has 0 aliphatic heterocycles. The summed E-state index contributed by atoms with van der Waals surface area (Å²) in [5.41, 5.74) is 6.02. The van der Waals surface area contributed by atoms with E-state index in [1.54, 1.807) is 23.9 Å². The maximum absolute atomic E-state index is 13.9. The van der Waals surface area contributed by atoms with E-state index >= 15 is 0 Å². The lowest BCUT2D eigenvalue weighted by molar-refractivity contribution is -0.136. The lowest BCUT2D eigenvalue weighted by Crippen LogP contribution is -2.17. The van der Waals surface area contributed by atoms with Crippen LogP contribution in [0.4, 0.5) is 4.39 Å². The van der Waals surface area contributed by atoms with Crippen LogP contribution < -0.4 is 5.32 Å². The summed E-state index contributed by atoms with van der Waals surface area (Å²) in [7, 11) is 0. The van der Waals surface area contributed by atoms with Gasteiger partial charge in [0.25, 0.3) is 0 Å². The number of halogens is 1. The second kappa shape index (κ2) is 13.1. The van der Waals surface area contributed by atoms with E-state index in [4.69, 9.17) is 9.94 Å². The van der Waals surface area contributed by atoms with Gasteiger partial charge in [-0.3, -0.25) is 4.79 Å². The Morgan fingerprint density at radius 2 is 1.86 bits per heavy atom. The highest BCUT2D eigenvalue weighted by Gasteiger charge is 2.16. The zero-order chi connectivity index (χ0) is 25.2. The summed E-state index contributed by atoms with van der Waals surface area (Å²) in [5.74, 6) is -1.09. The number of carboxylic acid groups (broad SMARTS) is 1. The van der Waals surface area contributed by atoms with Crippen LogP contribution in [0.1, 0.15) is 46.4 Å². The minimum Gasteiger partial charge on any atom is -0.481 e. The molecule has 0 aliphatic carbocycles. The van der Waals surface area contributed by atoms with Gasteiger partial charge in [0.1, 0.15) is 12.4 Å². The molecular weight excluding hydrogens is 463 g/mol.